The highest BCUT2D eigenvalue weighted by molar-refractivity contribution is 6.17. The van der Waals surface area contributed by atoms with Crippen molar-refractivity contribution in [3.8, 4) is 0 Å². The molecule has 0 aromatic carbocycles. The van der Waals surface area contributed by atoms with Gasteiger partial charge in [0.05, 0.1) is 0 Å². The summed E-state index contributed by atoms with van der Waals surface area (Å²) < 4.78 is 9.94. The topological polar surface area (TPSA) is 35.5 Å². The Labute approximate surface area is 102 Å². The van der Waals surface area contributed by atoms with E-state index in [0.29, 0.717) is 17.8 Å². The lowest BCUT2D eigenvalue weighted by Gasteiger charge is -2.36. The van der Waals surface area contributed by atoms with Gasteiger partial charge in [-0.1, -0.05) is 38.8 Å². The molecule has 1 rings (SSSR count). The largest absolute Gasteiger partial charge is 0.509 e. The predicted molar refractivity (Wildman–Crippen MR) is 63.4 cm³/mol. The van der Waals surface area contributed by atoms with Crippen molar-refractivity contribution < 1.29 is 14.3 Å². The van der Waals surface area contributed by atoms with Crippen LogP contribution >= 0.6 is 11.6 Å². The van der Waals surface area contributed by atoms with Crippen LogP contribution in [0.2, 0.25) is 0 Å². The van der Waals surface area contributed by atoms with Gasteiger partial charge in [-0.05, 0) is 30.6 Å². The van der Waals surface area contributed by atoms with Crippen molar-refractivity contribution in [3.63, 3.8) is 0 Å². The maximum Gasteiger partial charge on any atom is 0.509 e. The zero-order valence-corrected chi connectivity index (χ0v) is 11.0. The second-order valence-corrected chi connectivity index (χ2v) is 5.20. The fourth-order valence-electron chi connectivity index (χ4n) is 2.45. The van der Waals surface area contributed by atoms with Crippen molar-refractivity contribution in [3.05, 3.63) is 0 Å². The number of halogens is 1. The molecular weight excluding hydrogens is 228 g/mol. The minimum absolute atomic E-state index is 0.0144. The van der Waals surface area contributed by atoms with Crippen molar-refractivity contribution in [1.29, 1.82) is 0 Å². The molecule has 94 valence electrons. The van der Waals surface area contributed by atoms with Crippen LogP contribution in [-0.2, 0) is 9.47 Å². The summed E-state index contributed by atoms with van der Waals surface area (Å²) in [5.41, 5.74) is 0. The summed E-state index contributed by atoms with van der Waals surface area (Å²) in [7, 11) is 0. The predicted octanol–water partition coefficient (Wildman–Crippen LogP) is 3.80. The van der Waals surface area contributed by atoms with Crippen molar-refractivity contribution >= 4 is 17.8 Å². The van der Waals surface area contributed by atoms with Crippen LogP contribution in [0.3, 0.4) is 0 Å². The van der Waals surface area contributed by atoms with Crippen LogP contribution < -0.4 is 0 Å². The number of carbonyl (C=O) groups excluding carboxylic acids is 1. The number of hydrogen-bond donors (Lipinski definition) is 0. The molecule has 1 aliphatic rings. The van der Waals surface area contributed by atoms with E-state index in [0.717, 1.165) is 12.8 Å². The molecular formula is C12H21ClO3. The van der Waals surface area contributed by atoms with Crippen LogP contribution in [0.1, 0.15) is 40.0 Å². The lowest BCUT2D eigenvalue weighted by molar-refractivity contribution is -0.0268. The molecule has 0 radical (unpaired) electrons. The van der Waals surface area contributed by atoms with Gasteiger partial charge in [0, 0.05) is 0 Å². The van der Waals surface area contributed by atoms with Crippen molar-refractivity contribution in [2.75, 3.05) is 6.07 Å². The fraction of sp³-hybridized carbons (Fsp3) is 0.917. The molecule has 3 unspecified atom stereocenters. The van der Waals surface area contributed by atoms with Gasteiger partial charge < -0.3 is 9.47 Å². The van der Waals surface area contributed by atoms with Gasteiger partial charge in [0.2, 0.25) is 0 Å². The van der Waals surface area contributed by atoms with E-state index >= 15 is 0 Å². The third-order valence-electron chi connectivity index (χ3n) is 3.38. The van der Waals surface area contributed by atoms with Crippen LogP contribution in [0.5, 0.6) is 0 Å². The van der Waals surface area contributed by atoms with E-state index in [2.05, 4.69) is 25.5 Å². The lowest BCUT2D eigenvalue weighted by atomic mass is 9.75. The zero-order valence-electron chi connectivity index (χ0n) is 10.2. The van der Waals surface area contributed by atoms with Gasteiger partial charge in [-0.25, -0.2) is 4.79 Å². The van der Waals surface area contributed by atoms with E-state index in [9.17, 15) is 4.79 Å². The minimum atomic E-state index is -0.639. The molecule has 3 atom stereocenters. The third kappa shape index (κ3) is 3.85. The number of carbonyl (C=O) groups is 1. The van der Waals surface area contributed by atoms with E-state index in [1.165, 1.54) is 6.42 Å². The highest BCUT2D eigenvalue weighted by Gasteiger charge is 2.33. The van der Waals surface area contributed by atoms with E-state index in [1.807, 2.05) is 0 Å². The first kappa shape index (κ1) is 13.6. The van der Waals surface area contributed by atoms with Crippen LogP contribution in [0.4, 0.5) is 4.79 Å². The number of ether oxygens (including phenoxy) is 2. The molecule has 0 heterocycles. The van der Waals surface area contributed by atoms with Gasteiger partial charge >= 0.3 is 6.16 Å². The Hall–Kier alpha value is -0.440. The summed E-state index contributed by atoms with van der Waals surface area (Å²) >= 11 is 5.32. The van der Waals surface area contributed by atoms with Gasteiger partial charge in [-0.15, -0.1) is 0 Å². The first-order valence-corrected chi connectivity index (χ1v) is 6.47. The van der Waals surface area contributed by atoms with Crippen LogP contribution in [0.15, 0.2) is 0 Å². The summed E-state index contributed by atoms with van der Waals surface area (Å²) in [6.07, 6.45) is 2.62. The molecule has 4 heteroatoms. The molecule has 0 aliphatic heterocycles. The molecule has 1 saturated carbocycles. The molecule has 0 spiro atoms. The Balaban J connectivity index is 2.54. The quantitative estimate of drug-likeness (QED) is 0.563. The molecule has 0 bridgehead atoms. The molecule has 0 saturated heterocycles. The Morgan fingerprint density at radius 1 is 1.44 bits per heavy atom. The van der Waals surface area contributed by atoms with Crippen molar-refractivity contribution in [1.82, 2.24) is 0 Å². The maximum atomic E-state index is 11.3. The molecule has 1 aliphatic carbocycles. The molecule has 0 N–H and O–H groups in total. The second kappa shape index (κ2) is 6.33. The summed E-state index contributed by atoms with van der Waals surface area (Å²) in [5.74, 6) is 1.59. The average Bonchev–Trinajstić information content (AvgIpc) is 2.17. The van der Waals surface area contributed by atoms with E-state index in [4.69, 9.17) is 16.3 Å². The van der Waals surface area contributed by atoms with Crippen LogP contribution in [-0.4, -0.2) is 18.3 Å². The molecule has 3 nitrogen and oxygen atoms in total. The average molecular weight is 249 g/mol. The zero-order chi connectivity index (χ0) is 12.1. The summed E-state index contributed by atoms with van der Waals surface area (Å²) in [6.45, 7) is 6.54. The highest BCUT2D eigenvalue weighted by Crippen LogP contribution is 2.35. The standard InChI is InChI=1S/C12H21ClO3/c1-8(2)10-5-4-9(3)6-11(10)16-12(14)15-7-13/h8-11H,4-7H2,1-3H3. The Morgan fingerprint density at radius 3 is 2.69 bits per heavy atom. The summed E-state index contributed by atoms with van der Waals surface area (Å²) in [6, 6.07) is -0.145. The Bertz CT molecular complexity index is 230. The SMILES string of the molecule is CC1CCC(C(C)C)C(OC(=O)OCCl)C1. The first-order valence-electron chi connectivity index (χ1n) is 5.94. The van der Waals surface area contributed by atoms with E-state index in [1.54, 1.807) is 0 Å². The third-order valence-corrected chi connectivity index (χ3v) is 3.49. The number of alkyl halides is 1. The molecule has 0 amide bonds. The van der Waals surface area contributed by atoms with Gasteiger partial charge in [0.25, 0.3) is 0 Å². The molecule has 1 fully saturated rings. The maximum absolute atomic E-state index is 11.3. The fourth-order valence-corrected chi connectivity index (χ4v) is 2.54. The lowest BCUT2D eigenvalue weighted by Crippen LogP contribution is -2.35. The van der Waals surface area contributed by atoms with Gasteiger partial charge in [-0.2, -0.15) is 0 Å². The smallest absolute Gasteiger partial charge is 0.431 e. The van der Waals surface area contributed by atoms with E-state index < -0.39 is 6.16 Å². The summed E-state index contributed by atoms with van der Waals surface area (Å²) in [4.78, 5) is 11.3. The van der Waals surface area contributed by atoms with Crippen molar-refractivity contribution in [2.45, 2.75) is 46.1 Å². The monoisotopic (exact) mass is 248 g/mol. The van der Waals surface area contributed by atoms with Crippen LogP contribution in [0.25, 0.3) is 0 Å². The summed E-state index contributed by atoms with van der Waals surface area (Å²) in [5, 5.41) is 0. The number of hydrogen-bond acceptors (Lipinski definition) is 3. The van der Waals surface area contributed by atoms with Gasteiger partial charge in [0.15, 0.2) is 6.07 Å². The molecule has 16 heavy (non-hydrogen) atoms. The van der Waals surface area contributed by atoms with E-state index in [-0.39, 0.29) is 12.2 Å². The first-order chi connectivity index (χ1) is 7.54. The van der Waals surface area contributed by atoms with Gasteiger partial charge in [-0.3, -0.25) is 0 Å². The minimum Gasteiger partial charge on any atom is -0.431 e. The van der Waals surface area contributed by atoms with Crippen molar-refractivity contribution in [2.24, 2.45) is 17.8 Å². The Kier molecular flexibility index (Phi) is 5.39. The second-order valence-electron chi connectivity index (χ2n) is 4.99. The Morgan fingerprint density at radius 2 is 2.12 bits per heavy atom. The normalized spacial score (nSPS) is 30.2. The van der Waals surface area contributed by atoms with Crippen LogP contribution in [0, 0.1) is 17.8 Å². The highest BCUT2D eigenvalue weighted by atomic mass is 35.5. The number of rotatable bonds is 3. The van der Waals surface area contributed by atoms with Gasteiger partial charge in [0.1, 0.15) is 6.10 Å². The molecule has 0 aromatic rings. The molecule has 0 aromatic heterocycles.